The lowest BCUT2D eigenvalue weighted by atomic mass is 10.7. The molecular formula is C8H16O5S. The Morgan fingerprint density at radius 2 is 1.93 bits per heavy atom. The highest BCUT2D eigenvalue weighted by atomic mass is 32.2. The molecule has 0 fully saturated rings. The second kappa shape index (κ2) is 9.11. The third kappa shape index (κ3) is 8.15. The number of hydrogen-bond acceptors (Lipinski definition) is 5. The maximum Gasteiger partial charge on any atom is 0.318 e. The van der Waals surface area contributed by atoms with Gasteiger partial charge in [0.1, 0.15) is 5.75 Å². The fraction of sp³-hybridized carbons (Fsp3) is 0.875. The summed E-state index contributed by atoms with van der Waals surface area (Å²) in [6.07, 6.45) is 0. The molecule has 0 amide bonds. The van der Waals surface area contributed by atoms with Gasteiger partial charge in [0, 0.05) is 23.7 Å². The number of carbonyl (C=O) groups excluding carboxylic acids is 1. The van der Waals surface area contributed by atoms with Crippen LogP contribution in [0.5, 0.6) is 0 Å². The molecule has 0 rings (SSSR count). The topological polar surface area (TPSA) is 61.8 Å². The summed E-state index contributed by atoms with van der Waals surface area (Å²) < 4.78 is 25.4. The van der Waals surface area contributed by atoms with Crippen LogP contribution in [0.15, 0.2) is 0 Å². The van der Waals surface area contributed by atoms with Crippen LogP contribution >= 0.6 is 0 Å². The first-order valence-electron chi connectivity index (χ1n) is 4.19. The molecule has 84 valence electrons. The third-order valence-corrected chi connectivity index (χ3v) is 2.57. The Morgan fingerprint density at radius 3 is 2.50 bits per heavy atom. The van der Waals surface area contributed by atoms with Crippen LogP contribution in [0.3, 0.4) is 0 Å². The molecule has 0 aliphatic carbocycles. The summed E-state index contributed by atoms with van der Waals surface area (Å²) in [5.41, 5.74) is 0. The molecular weight excluding hydrogens is 208 g/mol. The fourth-order valence-electron chi connectivity index (χ4n) is 0.659. The van der Waals surface area contributed by atoms with Gasteiger partial charge in [-0.25, -0.2) is 0 Å². The van der Waals surface area contributed by atoms with Crippen LogP contribution in [0.1, 0.15) is 0 Å². The Morgan fingerprint density at radius 1 is 1.21 bits per heavy atom. The maximum atomic E-state index is 11.1. The van der Waals surface area contributed by atoms with E-state index in [1.807, 2.05) is 0 Å². The van der Waals surface area contributed by atoms with Crippen molar-refractivity contribution in [2.24, 2.45) is 0 Å². The van der Waals surface area contributed by atoms with Gasteiger partial charge in [0.05, 0.1) is 26.9 Å². The zero-order valence-electron chi connectivity index (χ0n) is 8.49. The van der Waals surface area contributed by atoms with Crippen molar-refractivity contribution < 1.29 is 23.2 Å². The summed E-state index contributed by atoms with van der Waals surface area (Å²) in [6.45, 7) is 1.36. The quantitative estimate of drug-likeness (QED) is 0.413. The summed E-state index contributed by atoms with van der Waals surface area (Å²) in [5, 5.41) is 0. The van der Waals surface area contributed by atoms with Gasteiger partial charge in [0.15, 0.2) is 0 Å². The van der Waals surface area contributed by atoms with E-state index in [0.29, 0.717) is 25.6 Å². The summed E-state index contributed by atoms with van der Waals surface area (Å²) in [5.74, 6) is -0.177. The van der Waals surface area contributed by atoms with Crippen LogP contribution in [0.25, 0.3) is 0 Å². The van der Waals surface area contributed by atoms with E-state index < -0.39 is 16.8 Å². The van der Waals surface area contributed by atoms with E-state index in [2.05, 4.69) is 4.74 Å². The molecule has 0 aromatic carbocycles. The van der Waals surface area contributed by atoms with Gasteiger partial charge >= 0.3 is 5.97 Å². The van der Waals surface area contributed by atoms with Crippen molar-refractivity contribution >= 4 is 16.8 Å². The Labute approximate surface area is 86.2 Å². The summed E-state index contributed by atoms with van der Waals surface area (Å²) >= 11 is 0. The molecule has 0 aliphatic heterocycles. The molecule has 0 aromatic heterocycles. The smallest absolute Gasteiger partial charge is 0.318 e. The van der Waals surface area contributed by atoms with Crippen molar-refractivity contribution in [1.29, 1.82) is 0 Å². The second-order valence-corrected chi connectivity index (χ2v) is 4.05. The molecule has 6 heteroatoms. The zero-order chi connectivity index (χ0) is 10.8. The van der Waals surface area contributed by atoms with E-state index >= 15 is 0 Å². The van der Waals surface area contributed by atoms with Gasteiger partial charge in [-0.1, -0.05) is 0 Å². The van der Waals surface area contributed by atoms with Crippen molar-refractivity contribution in [3.05, 3.63) is 0 Å². The summed E-state index contributed by atoms with van der Waals surface area (Å²) in [7, 11) is 1.66. The number of methoxy groups -OCH3 is 2. The van der Waals surface area contributed by atoms with Crippen molar-refractivity contribution in [2.75, 3.05) is 45.5 Å². The average Bonchev–Trinajstić information content (AvgIpc) is 2.17. The maximum absolute atomic E-state index is 11.1. The van der Waals surface area contributed by atoms with Crippen LogP contribution in [-0.4, -0.2) is 55.7 Å². The first-order chi connectivity index (χ1) is 6.70. The highest BCUT2D eigenvalue weighted by molar-refractivity contribution is 7.85. The minimum Gasteiger partial charge on any atom is -0.468 e. The molecule has 0 saturated heterocycles. The van der Waals surface area contributed by atoms with Crippen molar-refractivity contribution in [3.8, 4) is 0 Å². The van der Waals surface area contributed by atoms with Gasteiger partial charge in [-0.3, -0.25) is 9.00 Å². The van der Waals surface area contributed by atoms with E-state index in [0.717, 1.165) is 0 Å². The largest absolute Gasteiger partial charge is 0.468 e. The first kappa shape index (κ1) is 13.5. The molecule has 0 bridgehead atoms. The molecule has 0 aromatic rings. The molecule has 0 aliphatic rings. The molecule has 1 atom stereocenters. The van der Waals surface area contributed by atoms with Crippen molar-refractivity contribution in [3.63, 3.8) is 0 Å². The molecule has 0 N–H and O–H groups in total. The number of rotatable bonds is 8. The summed E-state index contributed by atoms with van der Waals surface area (Å²) in [4.78, 5) is 10.7. The molecule has 0 unspecified atom stereocenters. The van der Waals surface area contributed by atoms with Crippen molar-refractivity contribution in [2.45, 2.75) is 0 Å². The van der Waals surface area contributed by atoms with E-state index in [1.165, 1.54) is 7.11 Å². The van der Waals surface area contributed by atoms with Gasteiger partial charge in [-0.2, -0.15) is 0 Å². The molecule has 0 spiro atoms. The Kier molecular flexibility index (Phi) is 8.81. The lowest BCUT2D eigenvalue weighted by Gasteiger charge is -2.03. The van der Waals surface area contributed by atoms with E-state index in [4.69, 9.17) is 9.47 Å². The second-order valence-electron chi connectivity index (χ2n) is 2.47. The fourth-order valence-corrected chi connectivity index (χ4v) is 1.49. The number of esters is 1. The Balaban J connectivity index is 3.31. The van der Waals surface area contributed by atoms with Crippen LogP contribution in [-0.2, 0) is 29.8 Å². The number of carbonyl (C=O) groups is 1. The van der Waals surface area contributed by atoms with E-state index in [9.17, 15) is 9.00 Å². The number of hydrogen-bond donors (Lipinski definition) is 0. The third-order valence-electron chi connectivity index (χ3n) is 1.39. The minimum absolute atomic E-state index is 0.0653. The van der Waals surface area contributed by atoms with E-state index in [-0.39, 0.29) is 5.75 Å². The highest BCUT2D eigenvalue weighted by Crippen LogP contribution is 1.86. The molecule has 0 radical (unpaired) electrons. The van der Waals surface area contributed by atoms with Gasteiger partial charge in [-0.15, -0.1) is 0 Å². The lowest BCUT2D eigenvalue weighted by Crippen LogP contribution is -2.17. The van der Waals surface area contributed by atoms with Crippen molar-refractivity contribution in [1.82, 2.24) is 0 Å². The Bertz CT molecular complexity index is 183. The van der Waals surface area contributed by atoms with Crippen LogP contribution in [0, 0.1) is 0 Å². The van der Waals surface area contributed by atoms with Crippen LogP contribution < -0.4 is 0 Å². The predicted molar refractivity (Wildman–Crippen MR) is 52.6 cm³/mol. The van der Waals surface area contributed by atoms with Gasteiger partial charge in [0.2, 0.25) is 0 Å². The molecule has 0 saturated carbocycles. The van der Waals surface area contributed by atoms with E-state index in [1.54, 1.807) is 7.11 Å². The van der Waals surface area contributed by atoms with Gasteiger partial charge in [-0.05, 0) is 0 Å². The average molecular weight is 224 g/mol. The predicted octanol–water partition coefficient (Wildman–Crippen LogP) is -0.429. The minimum atomic E-state index is -1.20. The normalized spacial score (nSPS) is 12.4. The van der Waals surface area contributed by atoms with Gasteiger partial charge < -0.3 is 14.2 Å². The first-order valence-corrected chi connectivity index (χ1v) is 5.68. The monoisotopic (exact) mass is 224 g/mol. The SMILES string of the molecule is COCCOCC[S@@](=O)CC(=O)OC. The number of ether oxygens (including phenoxy) is 3. The molecule has 14 heavy (non-hydrogen) atoms. The standard InChI is InChI=1S/C8H16O5S/c1-11-3-4-13-5-6-14(10)7-8(9)12-2/h3-7H2,1-2H3/t14-/m1/s1. The molecule has 5 nitrogen and oxygen atoms in total. The Hall–Kier alpha value is -0.460. The summed E-state index contributed by atoms with van der Waals surface area (Å²) in [6, 6.07) is 0. The van der Waals surface area contributed by atoms with Crippen LogP contribution in [0.2, 0.25) is 0 Å². The van der Waals surface area contributed by atoms with Gasteiger partial charge in [0.25, 0.3) is 0 Å². The highest BCUT2D eigenvalue weighted by Gasteiger charge is 2.06. The zero-order valence-corrected chi connectivity index (χ0v) is 9.30. The lowest BCUT2D eigenvalue weighted by molar-refractivity contribution is -0.137. The van der Waals surface area contributed by atoms with Crippen LogP contribution in [0.4, 0.5) is 0 Å². The molecule has 0 heterocycles.